The topological polar surface area (TPSA) is 59.9 Å². The van der Waals surface area contributed by atoms with Crippen LogP contribution in [0.3, 0.4) is 0 Å². The summed E-state index contributed by atoms with van der Waals surface area (Å²) < 4.78 is 35.3. The summed E-state index contributed by atoms with van der Waals surface area (Å²) in [6.45, 7) is 0. The Hall–Kier alpha value is -1.55. The van der Waals surface area contributed by atoms with Crippen LogP contribution in [-0.2, 0) is 4.79 Å². The minimum absolute atomic E-state index is 0. The van der Waals surface area contributed by atoms with Crippen molar-refractivity contribution in [1.82, 2.24) is 9.97 Å². The van der Waals surface area contributed by atoms with Crippen molar-refractivity contribution in [3.8, 4) is 0 Å². The van der Waals surface area contributed by atoms with Crippen LogP contribution in [0.4, 0.5) is 13.2 Å². The number of halogens is 3. The summed E-state index contributed by atoms with van der Waals surface area (Å²) >= 11 is 1.01. The van der Waals surface area contributed by atoms with E-state index in [-0.39, 0.29) is 54.3 Å². The van der Waals surface area contributed by atoms with E-state index < -0.39 is 24.2 Å². The largest absolute Gasteiger partial charge is 0.450 e. The molecule has 0 amide bonds. The molecule has 0 aliphatic carbocycles. The number of Topliss-reactive ketones (excluding diaryl/α,β-unsaturated/α-hetero) is 2. The number of ketones is 2. The van der Waals surface area contributed by atoms with Crippen LogP contribution in [0.25, 0.3) is 21.8 Å². The fraction of sp³-hybridized carbons (Fsp3) is 0.100. The van der Waals surface area contributed by atoms with Crippen molar-refractivity contribution in [3.05, 3.63) is 71.2 Å². The number of carbonyl (C=O) groups excluding carboxylic acids is 2. The molecule has 0 spiro atoms. The standard InChI is InChI=1S/C12H8N2.C8H5F3O2S.Eu/c1-3-9-5-6-10-4-2-8-14-12(10)11(9)13-7-1;9-8(10,11)7(13)4-5(12)6-2-1-3-14-6;/h1-8H;1-3H,4H2;. The van der Waals surface area contributed by atoms with Gasteiger partial charge in [0.05, 0.1) is 22.3 Å². The van der Waals surface area contributed by atoms with Gasteiger partial charge in [-0.25, -0.2) is 0 Å². The number of benzene rings is 1. The fourth-order valence-electron chi connectivity index (χ4n) is 2.45. The van der Waals surface area contributed by atoms with Gasteiger partial charge in [0.1, 0.15) is 0 Å². The van der Waals surface area contributed by atoms with Gasteiger partial charge in [-0.1, -0.05) is 30.3 Å². The van der Waals surface area contributed by atoms with E-state index >= 15 is 0 Å². The third kappa shape index (κ3) is 6.21. The van der Waals surface area contributed by atoms with E-state index in [0.717, 1.165) is 33.1 Å². The zero-order valence-corrected chi connectivity index (χ0v) is 17.9. The van der Waals surface area contributed by atoms with Gasteiger partial charge in [-0.05, 0) is 23.6 Å². The first-order valence-corrected chi connectivity index (χ1v) is 8.99. The molecule has 0 bridgehead atoms. The third-order valence-corrected chi connectivity index (χ3v) is 4.69. The molecule has 3 heterocycles. The van der Waals surface area contributed by atoms with Crippen LogP contribution in [-0.4, -0.2) is 27.7 Å². The Labute approximate surface area is 208 Å². The number of aromatic nitrogens is 2. The van der Waals surface area contributed by atoms with Crippen molar-refractivity contribution in [3.63, 3.8) is 0 Å². The molecular weight excluding hydrogens is 541 g/mol. The van der Waals surface area contributed by atoms with Crippen LogP contribution in [0.2, 0.25) is 0 Å². The molecule has 0 saturated carbocycles. The Bertz CT molecular complexity index is 1080. The van der Waals surface area contributed by atoms with Gasteiger partial charge in [0.15, 0.2) is 5.78 Å². The number of pyridine rings is 2. The van der Waals surface area contributed by atoms with Gasteiger partial charge in [-0.3, -0.25) is 19.6 Å². The third-order valence-electron chi connectivity index (χ3n) is 3.78. The predicted octanol–water partition coefficient (Wildman–Crippen LogP) is 5.24. The van der Waals surface area contributed by atoms with Crippen molar-refractivity contribution < 1.29 is 72.1 Å². The second-order valence-corrected chi connectivity index (χ2v) is 6.66. The van der Waals surface area contributed by atoms with Crippen molar-refractivity contribution >= 4 is 44.7 Å². The smallest absolute Gasteiger partial charge is 0.293 e. The number of carbonyl (C=O) groups is 2. The number of rotatable bonds is 3. The molecule has 4 aromatic rings. The van der Waals surface area contributed by atoms with E-state index in [2.05, 4.69) is 34.2 Å². The van der Waals surface area contributed by atoms with Crippen molar-refractivity contribution in [1.29, 1.82) is 0 Å². The average molecular weight is 554 g/mol. The summed E-state index contributed by atoms with van der Waals surface area (Å²) in [7, 11) is 0. The molecular formula is C20H13EuF3N2O2S. The maximum Gasteiger partial charge on any atom is 0.450 e. The Morgan fingerprint density at radius 2 is 1.41 bits per heavy atom. The first-order valence-electron chi connectivity index (χ1n) is 8.11. The van der Waals surface area contributed by atoms with E-state index in [0.29, 0.717) is 0 Å². The Morgan fingerprint density at radius 1 is 0.862 bits per heavy atom. The molecule has 0 aliphatic heterocycles. The zero-order valence-electron chi connectivity index (χ0n) is 14.7. The molecule has 0 N–H and O–H groups in total. The maximum atomic E-state index is 11.8. The van der Waals surface area contributed by atoms with Crippen LogP contribution in [0.15, 0.2) is 66.3 Å². The minimum atomic E-state index is -4.92. The molecule has 0 atom stereocenters. The van der Waals surface area contributed by atoms with Gasteiger partial charge >= 0.3 is 6.18 Å². The number of fused-ring (bicyclic) bond motifs is 3. The number of nitrogens with zero attached hydrogens (tertiary/aromatic N) is 2. The molecule has 4 rings (SSSR count). The number of hydrogen-bond acceptors (Lipinski definition) is 5. The summed E-state index contributed by atoms with van der Waals surface area (Å²) in [5.74, 6) is -2.79. The van der Waals surface area contributed by atoms with E-state index in [1.54, 1.807) is 17.8 Å². The monoisotopic (exact) mass is 555 g/mol. The van der Waals surface area contributed by atoms with Gasteiger partial charge in [0, 0.05) is 72.5 Å². The van der Waals surface area contributed by atoms with E-state index in [4.69, 9.17) is 0 Å². The average Bonchev–Trinajstić information content (AvgIpc) is 3.23. The first kappa shape index (κ1) is 23.7. The summed E-state index contributed by atoms with van der Waals surface area (Å²) in [5, 5.41) is 3.84. The van der Waals surface area contributed by atoms with Crippen LogP contribution in [0.1, 0.15) is 16.1 Å². The predicted molar refractivity (Wildman–Crippen MR) is 101 cm³/mol. The molecule has 0 unspecified atom stereocenters. The normalized spacial score (nSPS) is 10.7. The molecule has 0 fully saturated rings. The summed E-state index contributed by atoms with van der Waals surface area (Å²) in [6.07, 6.45) is -2.43. The molecule has 3 aromatic heterocycles. The zero-order chi connectivity index (χ0) is 20.1. The van der Waals surface area contributed by atoms with Gasteiger partial charge < -0.3 is 0 Å². The van der Waals surface area contributed by atoms with E-state index in [9.17, 15) is 22.8 Å². The van der Waals surface area contributed by atoms with Gasteiger partial charge in [-0.2, -0.15) is 13.2 Å². The summed E-state index contributed by atoms with van der Waals surface area (Å²) in [5.41, 5.74) is 1.95. The second kappa shape index (κ2) is 10.5. The van der Waals surface area contributed by atoms with Crippen LogP contribution in [0, 0.1) is 49.4 Å². The summed E-state index contributed by atoms with van der Waals surface area (Å²) in [6, 6.07) is 15.1. The van der Waals surface area contributed by atoms with Crippen LogP contribution in [0.5, 0.6) is 0 Å². The molecule has 1 radical (unpaired) electrons. The van der Waals surface area contributed by atoms with Crippen molar-refractivity contribution in [2.24, 2.45) is 0 Å². The number of alkyl halides is 3. The van der Waals surface area contributed by atoms with E-state index in [1.807, 2.05) is 12.1 Å². The molecule has 0 saturated heterocycles. The Morgan fingerprint density at radius 3 is 1.86 bits per heavy atom. The minimum Gasteiger partial charge on any atom is -0.293 e. The van der Waals surface area contributed by atoms with Gasteiger partial charge in [0.2, 0.25) is 5.78 Å². The number of hydrogen-bond donors (Lipinski definition) is 0. The van der Waals surface area contributed by atoms with Crippen LogP contribution >= 0.6 is 11.3 Å². The molecule has 0 aliphatic rings. The SMILES string of the molecule is O=C(CC(=O)C(F)(F)F)c1cccs1.[Eu].c1cnc2c(c1)ccc1cccnc12. The quantitative estimate of drug-likeness (QED) is 0.198. The van der Waals surface area contributed by atoms with Gasteiger partial charge in [0.25, 0.3) is 0 Å². The van der Waals surface area contributed by atoms with Gasteiger partial charge in [-0.15, -0.1) is 11.3 Å². The molecule has 1 aromatic carbocycles. The maximum absolute atomic E-state index is 11.8. The van der Waals surface area contributed by atoms with Crippen LogP contribution < -0.4 is 0 Å². The fourth-order valence-corrected chi connectivity index (χ4v) is 3.11. The Balaban J connectivity index is 0.000000200. The first-order chi connectivity index (χ1) is 13.4. The van der Waals surface area contributed by atoms with E-state index in [1.165, 1.54) is 12.1 Å². The molecule has 149 valence electrons. The molecule has 9 heteroatoms. The number of thiophene rings is 1. The summed E-state index contributed by atoms with van der Waals surface area (Å²) in [4.78, 5) is 30.3. The molecule has 4 nitrogen and oxygen atoms in total. The van der Waals surface area contributed by atoms with Crippen molar-refractivity contribution in [2.75, 3.05) is 0 Å². The Kier molecular flexibility index (Phi) is 8.57. The van der Waals surface area contributed by atoms with Crippen molar-refractivity contribution in [2.45, 2.75) is 12.6 Å². The second-order valence-electron chi connectivity index (χ2n) is 5.71. The molecule has 29 heavy (non-hydrogen) atoms.